The fraction of sp³-hybridized carbons (Fsp3) is 0.231. The number of nitrogens with zero attached hydrogens (tertiary/aromatic N) is 2. The summed E-state index contributed by atoms with van der Waals surface area (Å²) in [7, 11) is 0. The summed E-state index contributed by atoms with van der Waals surface area (Å²) in [4.78, 5) is 24.3. The number of carbonyl (C=O) groups is 2. The average Bonchev–Trinajstić information content (AvgIpc) is 2.46. The Morgan fingerprint density at radius 1 is 1.30 bits per heavy atom. The van der Waals surface area contributed by atoms with Crippen molar-refractivity contribution in [3.63, 3.8) is 0 Å². The highest BCUT2D eigenvalue weighted by atomic mass is 79.9. The number of hydrogen-bond acceptors (Lipinski definition) is 2. The fourth-order valence-electron chi connectivity index (χ4n) is 1.88. The van der Waals surface area contributed by atoms with Crippen molar-refractivity contribution in [1.82, 2.24) is 4.90 Å². The Morgan fingerprint density at radius 3 is 2.55 bits per heavy atom. The van der Waals surface area contributed by atoms with Gasteiger partial charge in [-0.25, -0.2) is 13.1 Å². The van der Waals surface area contributed by atoms with Crippen LogP contribution in [0, 0.1) is 5.82 Å². The lowest BCUT2D eigenvalue weighted by atomic mass is 10.1. The first-order valence-electron chi connectivity index (χ1n) is 5.91. The lowest BCUT2D eigenvalue weighted by molar-refractivity contribution is -0.114. The summed E-state index contributed by atoms with van der Waals surface area (Å²) in [6.07, 6.45) is 1.17. The second-order valence-corrected chi connectivity index (χ2v) is 4.99. The largest absolute Gasteiger partial charge is 0.465 e. The van der Waals surface area contributed by atoms with Crippen LogP contribution in [-0.2, 0) is 4.79 Å². The zero-order valence-electron chi connectivity index (χ0n) is 10.4. The monoisotopic (exact) mass is 342 g/mol. The number of halogens is 2. The van der Waals surface area contributed by atoms with E-state index in [1.807, 2.05) is 0 Å². The fourth-order valence-corrected chi connectivity index (χ4v) is 2.34. The van der Waals surface area contributed by atoms with E-state index in [2.05, 4.69) is 16.1 Å². The highest BCUT2D eigenvalue weighted by Crippen LogP contribution is 2.22. The Morgan fingerprint density at radius 2 is 1.95 bits per heavy atom. The van der Waals surface area contributed by atoms with Gasteiger partial charge in [-0.1, -0.05) is 6.08 Å². The SMILES string of the molecule is O=C(O)N1CCC=C(C(=O)N(Br)c2ccc(F)cc2)C1. The molecule has 0 atom stereocenters. The zero-order valence-corrected chi connectivity index (χ0v) is 12.0. The summed E-state index contributed by atoms with van der Waals surface area (Å²) in [5.41, 5.74) is 0.865. The number of amides is 2. The van der Waals surface area contributed by atoms with E-state index in [4.69, 9.17) is 5.11 Å². The minimum atomic E-state index is -1.05. The van der Waals surface area contributed by atoms with Crippen LogP contribution in [0.25, 0.3) is 0 Å². The highest BCUT2D eigenvalue weighted by Gasteiger charge is 2.24. The first-order chi connectivity index (χ1) is 9.49. The van der Waals surface area contributed by atoms with E-state index < -0.39 is 11.9 Å². The maximum atomic E-state index is 12.8. The first kappa shape index (κ1) is 14.5. The van der Waals surface area contributed by atoms with Gasteiger partial charge < -0.3 is 10.0 Å². The van der Waals surface area contributed by atoms with Crippen molar-refractivity contribution in [3.05, 3.63) is 41.7 Å². The van der Waals surface area contributed by atoms with Crippen molar-refractivity contribution in [3.8, 4) is 0 Å². The van der Waals surface area contributed by atoms with Gasteiger partial charge >= 0.3 is 6.09 Å². The Hall–Kier alpha value is -1.89. The zero-order chi connectivity index (χ0) is 14.7. The maximum absolute atomic E-state index is 12.8. The molecule has 1 aliphatic rings. The van der Waals surface area contributed by atoms with Crippen LogP contribution in [0.2, 0.25) is 0 Å². The molecule has 0 bridgehead atoms. The second-order valence-electron chi connectivity index (χ2n) is 4.28. The third kappa shape index (κ3) is 3.16. The normalized spacial score (nSPS) is 14.7. The molecule has 0 radical (unpaired) electrons. The minimum Gasteiger partial charge on any atom is -0.465 e. The molecule has 0 fully saturated rings. The van der Waals surface area contributed by atoms with Gasteiger partial charge in [0.2, 0.25) is 0 Å². The highest BCUT2D eigenvalue weighted by molar-refractivity contribution is 9.10. The molecular formula is C13H12BrFN2O3. The molecule has 1 aromatic carbocycles. The number of benzene rings is 1. The predicted octanol–water partition coefficient (Wildman–Crippen LogP) is 2.78. The second kappa shape index (κ2) is 6.04. The summed E-state index contributed by atoms with van der Waals surface area (Å²) in [5, 5.41) is 8.94. The van der Waals surface area contributed by atoms with E-state index in [1.165, 1.54) is 33.1 Å². The van der Waals surface area contributed by atoms with Gasteiger partial charge in [-0.3, -0.25) is 4.79 Å². The number of carboxylic acid groups (broad SMARTS) is 1. The van der Waals surface area contributed by atoms with Gasteiger partial charge in [-0.05, 0) is 30.7 Å². The van der Waals surface area contributed by atoms with Crippen molar-refractivity contribution in [2.45, 2.75) is 6.42 Å². The summed E-state index contributed by atoms with van der Waals surface area (Å²) in [6.45, 7) is 0.433. The van der Waals surface area contributed by atoms with Crippen LogP contribution in [0.4, 0.5) is 14.9 Å². The summed E-state index contributed by atoms with van der Waals surface area (Å²) < 4.78 is 14.0. The Kier molecular flexibility index (Phi) is 4.39. The summed E-state index contributed by atoms with van der Waals surface area (Å²) >= 11 is 3.12. The average molecular weight is 343 g/mol. The molecule has 1 heterocycles. The van der Waals surface area contributed by atoms with Crippen LogP contribution in [0.3, 0.4) is 0 Å². The van der Waals surface area contributed by atoms with Gasteiger partial charge in [-0.2, -0.15) is 0 Å². The molecule has 7 heteroatoms. The Bertz CT molecular complexity index is 559. The van der Waals surface area contributed by atoms with Crippen molar-refractivity contribution < 1.29 is 19.1 Å². The van der Waals surface area contributed by atoms with Gasteiger partial charge in [0.25, 0.3) is 5.91 Å². The molecule has 0 saturated heterocycles. The quantitative estimate of drug-likeness (QED) is 0.840. The van der Waals surface area contributed by atoms with E-state index in [-0.39, 0.29) is 12.5 Å². The molecule has 2 amide bonds. The minimum absolute atomic E-state index is 0.0530. The van der Waals surface area contributed by atoms with Crippen LogP contribution < -0.4 is 3.93 Å². The molecule has 0 aliphatic carbocycles. The maximum Gasteiger partial charge on any atom is 0.407 e. The molecule has 0 aromatic heterocycles. The standard InChI is InChI=1S/C13H12BrFN2O3/c14-17(11-5-3-10(15)4-6-11)12(18)9-2-1-7-16(8-9)13(19)20/h2-6H,1,7-8H2,(H,19,20). The molecule has 1 N–H and O–H groups in total. The summed E-state index contributed by atoms with van der Waals surface area (Å²) in [6, 6.07) is 5.41. The van der Waals surface area contributed by atoms with E-state index >= 15 is 0 Å². The van der Waals surface area contributed by atoms with Crippen molar-refractivity contribution in [2.75, 3.05) is 17.0 Å². The van der Waals surface area contributed by atoms with Gasteiger partial charge in [-0.15, -0.1) is 0 Å². The predicted molar refractivity (Wildman–Crippen MR) is 75.1 cm³/mol. The smallest absolute Gasteiger partial charge is 0.407 e. The van der Waals surface area contributed by atoms with Crippen LogP contribution in [-0.4, -0.2) is 35.1 Å². The van der Waals surface area contributed by atoms with Crippen molar-refractivity contribution in [2.24, 2.45) is 0 Å². The van der Waals surface area contributed by atoms with E-state index in [1.54, 1.807) is 6.08 Å². The van der Waals surface area contributed by atoms with Gasteiger partial charge in [0.05, 0.1) is 28.4 Å². The van der Waals surface area contributed by atoms with E-state index in [9.17, 15) is 14.0 Å². The van der Waals surface area contributed by atoms with Gasteiger partial charge in [0.15, 0.2) is 0 Å². The molecule has 0 unspecified atom stereocenters. The van der Waals surface area contributed by atoms with Crippen LogP contribution in [0.1, 0.15) is 6.42 Å². The number of anilines is 1. The number of hydrogen-bond donors (Lipinski definition) is 1. The molecular weight excluding hydrogens is 331 g/mol. The van der Waals surface area contributed by atoms with Crippen molar-refractivity contribution in [1.29, 1.82) is 0 Å². The van der Waals surface area contributed by atoms with Crippen LogP contribution in [0.15, 0.2) is 35.9 Å². The van der Waals surface area contributed by atoms with Crippen LogP contribution >= 0.6 is 16.1 Å². The molecule has 5 nitrogen and oxygen atoms in total. The van der Waals surface area contributed by atoms with Crippen molar-refractivity contribution >= 4 is 33.8 Å². The topological polar surface area (TPSA) is 60.9 Å². The van der Waals surface area contributed by atoms with E-state index in [0.717, 1.165) is 0 Å². The third-order valence-corrected chi connectivity index (χ3v) is 3.66. The molecule has 0 saturated carbocycles. The molecule has 106 valence electrons. The first-order valence-corrected chi connectivity index (χ1v) is 6.62. The molecule has 1 aliphatic heterocycles. The Balaban J connectivity index is 2.12. The molecule has 1 aromatic rings. The van der Waals surface area contributed by atoms with Crippen LogP contribution in [0.5, 0.6) is 0 Å². The number of rotatable bonds is 2. The van der Waals surface area contributed by atoms with E-state index in [0.29, 0.717) is 24.2 Å². The molecule has 0 spiro atoms. The van der Waals surface area contributed by atoms with Gasteiger partial charge in [0.1, 0.15) is 5.82 Å². The van der Waals surface area contributed by atoms with Gasteiger partial charge in [0, 0.05) is 12.1 Å². The molecule has 20 heavy (non-hydrogen) atoms. The summed E-state index contributed by atoms with van der Waals surface area (Å²) in [5.74, 6) is -0.751. The lowest BCUT2D eigenvalue weighted by Crippen LogP contribution is -2.38. The lowest BCUT2D eigenvalue weighted by Gasteiger charge is -2.25. The Labute approximate surface area is 123 Å². The third-order valence-electron chi connectivity index (χ3n) is 2.93. The number of carbonyl (C=O) groups excluding carboxylic acids is 1. The molecule has 2 rings (SSSR count).